The van der Waals surface area contributed by atoms with Crippen molar-refractivity contribution in [1.82, 2.24) is 14.8 Å². The zero-order valence-corrected chi connectivity index (χ0v) is 11.2. The molecule has 0 aliphatic heterocycles. The van der Waals surface area contributed by atoms with Crippen LogP contribution < -0.4 is 4.74 Å². The van der Waals surface area contributed by atoms with Crippen molar-refractivity contribution in [2.24, 2.45) is 0 Å². The maximum Gasteiger partial charge on any atom is 0.321 e. The number of hydrogen-bond acceptors (Lipinski definition) is 3. The summed E-state index contributed by atoms with van der Waals surface area (Å²) >= 11 is 8.74. The lowest BCUT2D eigenvalue weighted by molar-refractivity contribution is 0.362. The van der Waals surface area contributed by atoms with Crippen molar-refractivity contribution in [1.29, 1.82) is 0 Å². The van der Waals surface area contributed by atoms with Gasteiger partial charge in [0.15, 0.2) is 0 Å². The molecule has 8 heteroatoms. The monoisotopic (exact) mass is 337 g/mol. The van der Waals surface area contributed by atoms with Crippen LogP contribution >= 0.6 is 27.5 Å². The summed E-state index contributed by atoms with van der Waals surface area (Å²) in [5.41, 5.74) is 0. The van der Waals surface area contributed by atoms with E-state index in [4.69, 9.17) is 16.3 Å². The van der Waals surface area contributed by atoms with Crippen LogP contribution in [0.3, 0.4) is 0 Å². The molecule has 0 N–H and O–H groups in total. The highest BCUT2D eigenvalue weighted by Gasteiger charge is 2.11. The van der Waals surface area contributed by atoms with Crippen LogP contribution in [0.5, 0.6) is 11.8 Å². The van der Waals surface area contributed by atoms with E-state index in [0.717, 1.165) is 12.1 Å². The molecule has 1 heterocycles. The van der Waals surface area contributed by atoms with Crippen LogP contribution in [-0.4, -0.2) is 21.4 Å². The molecule has 96 valence electrons. The van der Waals surface area contributed by atoms with Crippen LogP contribution in [0.15, 0.2) is 22.9 Å². The summed E-state index contributed by atoms with van der Waals surface area (Å²) in [6.45, 7) is -0.618. The molecule has 0 spiro atoms. The van der Waals surface area contributed by atoms with Gasteiger partial charge in [-0.3, -0.25) is 0 Å². The van der Waals surface area contributed by atoms with Gasteiger partial charge in [0.2, 0.25) is 4.73 Å². The fraction of sp³-hybridized carbons (Fsp3) is 0.200. The normalized spacial score (nSPS) is 10.7. The van der Waals surface area contributed by atoms with Crippen molar-refractivity contribution >= 4 is 27.5 Å². The highest BCUT2D eigenvalue weighted by Crippen LogP contribution is 2.25. The number of hydrogen-bond donors (Lipinski definition) is 0. The van der Waals surface area contributed by atoms with Gasteiger partial charge in [-0.05, 0) is 28.1 Å². The van der Waals surface area contributed by atoms with Crippen LogP contribution in [0, 0.1) is 5.82 Å². The van der Waals surface area contributed by atoms with E-state index in [2.05, 4.69) is 26.0 Å². The van der Waals surface area contributed by atoms with Crippen molar-refractivity contribution in [3.8, 4) is 11.8 Å². The Labute approximate surface area is 115 Å². The molecule has 0 atom stereocenters. The number of alkyl halides is 1. The smallest absolute Gasteiger partial charge is 0.321 e. The zero-order chi connectivity index (χ0) is 13.1. The number of nitrogens with zero attached hydrogens (tertiary/aromatic N) is 3. The first kappa shape index (κ1) is 13.2. The van der Waals surface area contributed by atoms with E-state index in [9.17, 15) is 8.78 Å². The lowest BCUT2D eigenvalue weighted by Gasteiger charge is -2.06. The summed E-state index contributed by atoms with van der Waals surface area (Å²) in [6.07, 6.45) is 0. The molecule has 0 aliphatic rings. The summed E-state index contributed by atoms with van der Waals surface area (Å²) in [4.78, 5) is 3.90. The van der Waals surface area contributed by atoms with Crippen LogP contribution in [0.25, 0.3) is 0 Å². The number of ether oxygens (including phenoxy) is 1. The van der Waals surface area contributed by atoms with Gasteiger partial charge >= 0.3 is 6.01 Å². The van der Waals surface area contributed by atoms with Crippen molar-refractivity contribution in [2.45, 2.75) is 6.54 Å². The minimum absolute atomic E-state index is 0.00299. The molecular formula is C10H7BrClF2N3O. The van der Waals surface area contributed by atoms with Gasteiger partial charge in [0.05, 0.1) is 6.54 Å². The van der Waals surface area contributed by atoms with Gasteiger partial charge in [0.25, 0.3) is 0 Å². The second-order valence-corrected chi connectivity index (χ2v) is 4.43. The predicted molar refractivity (Wildman–Crippen MR) is 65.2 cm³/mol. The molecule has 2 aromatic rings. The summed E-state index contributed by atoms with van der Waals surface area (Å²) in [5, 5.41) is 4.07. The fourth-order valence-corrected chi connectivity index (χ4v) is 1.85. The fourth-order valence-electron chi connectivity index (χ4n) is 1.30. The number of rotatable bonds is 4. The van der Waals surface area contributed by atoms with Gasteiger partial charge in [0.1, 0.15) is 18.2 Å². The Morgan fingerprint density at radius 3 is 2.83 bits per heavy atom. The predicted octanol–water partition coefficient (Wildman–Crippen LogP) is 3.59. The third kappa shape index (κ3) is 3.17. The molecule has 4 nitrogen and oxygen atoms in total. The molecular weight excluding hydrogens is 331 g/mol. The Balaban J connectivity index is 2.27. The van der Waals surface area contributed by atoms with E-state index in [0.29, 0.717) is 0 Å². The lowest BCUT2D eigenvalue weighted by Crippen LogP contribution is -2.04. The first-order valence-electron chi connectivity index (χ1n) is 4.89. The average Bonchev–Trinajstić information content (AvgIpc) is 2.58. The van der Waals surface area contributed by atoms with E-state index in [1.54, 1.807) is 0 Å². The first-order chi connectivity index (χ1) is 8.58. The van der Waals surface area contributed by atoms with E-state index < -0.39 is 12.5 Å². The zero-order valence-electron chi connectivity index (χ0n) is 8.91. The van der Waals surface area contributed by atoms with Gasteiger partial charge < -0.3 is 4.74 Å². The molecule has 0 unspecified atom stereocenters. The molecule has 0 saturated carbocycles. The second-order valence-electron chi connectivity index (χ2n) is 3.28. The Bertz CT molecular complexity index is 544. The molecule has 0 fully saturated rings. The van der Waals surface area contributed by atoms with Crippen molar-refractivity contribution < 1.29 is 13.5 Å². The SMILES string of the molecule is FCCn1nc(Br)nc1Oc1cc(F)cc(Cl)c1. The maximum atomic E-state index is 13.1. The van der Waals surface area contributed by atoms with Crippen LogP contribution in [-0.2, 0) is 6.54 Å². The lowest BCUT2D eigenvalue weighted by atomic mass is 10.3. The van der Waals surface area contributed by atoms with Crippen LogP contribution in [0.4, 0.5) is 8.78 Å². The molecule has 0 saturated heterocycles. The van der Waals surface area contributed by atoms with Crippen molar-refractivity contribution in [2.75, 3.05) is 6.67 Å². The van der Waals surface area contributed by atoms with Crippen LogP contribution in [0.1, 0.15) is 0 Å². The number of aromatic nitrogens is 3. The number of aryl methyl sites for hydroxylation is 1. The van der Waals surface area contributed by atoms with Gasteiger partial charge in [0, 0.05) is 11.1 Å². The van der Waals surface area contributed by atoms with Gasteiger partial charge in [-0.15, -0.1) is 5.10 Å². The Hall–Kier alpha value is -1.21. The molecule has 1 aromatic carbocycles. The molecule has 1 aromatic heterocycles. The summed E-state index contributed by atoms with van der Waals surface area (Å²) < 4.78 is 32.2. The molecule has 0 amide bonds. The quantitative estimate of drug-likeness (QED) is 0.855. The second kappa shape index (κ2) is 5.62. The topological polar surface area (TPSA) is 39.9 Å². The van der Waals surface area contributed by atoms with Crippen molar-refractivity contribution in [3.63, 3.8) is 0 Å². The standard InChI is InChI=1S/C10H7BrClF2N3O/c11-9-15-10(17(16-9)2-1-13)18-8-4-6(12)3-7(14)5-8/h3-5H,1-2H2. The van der Waals surface area contributed by atoms with Gasteiger partial charge in [-0.1, -0.05) is 11.6 Å². The average molecular weight is 339 g/mol. The minimum Gasteiger partial charge on any atom is -0.424 e. The van der Waals surface area contributed by atoms with Gasteiger partial charge in [-0.25, -0.2) is 13.5 Å². The molecule has 0 bridgehead atoms. The summed E-state index contributed by atoms with van der Waals surface area (Å²) in [6, 6.07) is 3.78. The highest BCUT2D eigenvalue weighted by atomic mass is 79.9. The molecule has 2 rings (SSSR count). The Kier molecular flexibility index (Phi) is 4.13. The largest absolute Gasteiger partial charge is 0.424 e. The van der Waals surface area contributed by atoms with E-state index in [1.165, 1.54) is 10.7 Å². The highest BCUT2D eigenvalue weighted by molar-refractivity contribution is 9.10. The molecule has 18 heavy (non-hydrogen) atoms. The minimum atomic E-state index is -0.615. The van der Waals surface area contributed by atoms with E-state index >= 15 is 0 Å². The summed E-state index contributed by atoms with van der Waals surface area (Å²) in [7, 11) is 0. The summed E-state index contributed by atoms with van der Waals surface area (Å²) in [5.74, 6) is -0.367. The van der Waals surface area contributed by atoms with Crippen molar-refractivity contribution in [3.05, 3.63) is 33.8 Å². The molecule has 0 aliphatic carbocycles. The molecule has 0 radical (unpaired) electrons. The number of benzene rings is 1. The third-order valence-electron chi connectivity index (χ3n) is 1.95. The third-order valence-corrected chi connectivity index (χ3v) is 2.51. The number of halogens is 4. The Morgan fingerprint density at radius 2 is 2.17 bits per heavy atom. The van der Waals surface area contributed by atoms with E-state index in [1.807, 2.05) is 0 Å². The van der Waals surface area contributed by atoms with E-state index in [-0.39, 0.29) is 28.1 Å². The van der Waals surface area contributed by atoms with Crippen LogP contribution in [0.2, 0.25) is 5.02 Å². The maximum absolute atomic E-state index is 13.1. The Morgan fingerprint density at radius 1 is 1.39 bits per heavy atom. The van der Waals surface area contributed by atoms with Gasteiger partial charge in [-0.2, -0.15) is 4.98 Å². The first-order valence-corrected chi connectivity index (χ1v) is 6.06.